The van der Waals surface area contributed by atoms with Crippen molar-refractivity contribution < 1.29 is 4.79 Å². The van der Waals surface area contributed by atoms with Crippen molar-refractivity contribution in [1.29, 1.82) is 0 Å². The molecule has 1 aliphatic heterocycles. The van der Waals surface area contributed by atoms with Crippen molar-refractivity contribution in [3.05, 3.63) is 33.4 Å². The summed E-state index contributed by atoms with van der Waals surface area (Å²) >= 11 is 2.28. The molecule has 0 bridgehead atoms. The molecule has 0 aliphatic carbocycles. The average molecular weight is 316 g/mol. The van der Waals surface area contributed by atoms with Crippen molar-refractivity contribution in [1.82, 2.24) is 4.90 Å². The number of primary amides is 1. The zero-order valence-electron chi connectivity index (χ0n) is 8.32. The van der Waals surface area contributed by atoms with E-state index in [4.69, 9.17) is 5.73 Å². The first-order valence-corrected chi connectivity index (χ1v) is 6.02. The van der Waals surface area contributed by atoms with Gasteiger partial charge in [0.25, 0.3) is 0 Å². The third-order valence-electron chi connectivity index (χ3n) is 2.76. The molecule has 1 atom stereocenters. The molecule has 1 amide bonds. The number of likely N-dealkylation sites (tertiary alicyclic amines) is 1. The van der Waals surface area contributed by atoms with Crippen LogP contribution in [0, 0.1) is 3.57 Å². The monoisotopic (exact) mass is 316 g/mol. The Morgan fingerprint density at radius 1 is 1.47 bits per heavy atom. The number of amides is 1. The normalized spacial score (nSPS) is 21.0. The topological polar surface area (TPSA) is 46.3 Å². The number of nitrogens with zero attached hydrogens (tertiary/aromatic N) is 1. The van der Waals surface area contributed by atoms with Crippen molar-refractivity contribution in [2.45, 2.75) is 19.0 Å². The van der Waals surface area contributed by atoms with Gasteiger partial charge in [-0.05, 0) is 46.7 Å². The molecule has 2 N–H and O–H groups in total. The summed E-state index contributed by atoms with van der Waals surface area (Å²) < 4.78 is 1.23. The molecular formula is C11H13IN2O. The number of nitrogens with two attached hydrogens (primary N) is 1. The van der Waals surface area contributed by atoms with E-state index in [9.17, 15) is 4.79 Å². The predicted octanol–water partition coefficient (Wildman–Crippen LogP) is 1.35. The Labute approximate surface area is 103 Å². The van der Waals surface area contributed by atoms with Gasteiger partial charge in [-0.1, -0.05) is 12.1 Å². The van der Waals surface area contributed by atoms with Crippen LogP contribution in [-0.2, 0) is 11.3 Å². The van der Waals surface area contributed by atoms with Gasteiger partial charge >= 0.3 is 0 Å². The van der Waals surface area contributed by atoms with Gasteiger partial charge in [-0.3, -0.25) is 9.69 Å². The van der Waals surface area contributed by atoms with Crippen LogP contribution in [0.15, 0.2) is 24.3 Å². The van der Waals surface area contributed by atoms with Gasteiger partial charge in [0.2, 0.25) is 5.91 Å². The van der Waals surface area contributed by atoms with Gasteiger partial charge in [-0.2, -0.15) is 0 Å². The minimum Gasteiger partial charge on any atom is -0.368 e. The number of hydrogen-bond donors (Lipinski definition) is 1. The molecule has 0 saturated carbocycles. The van der Waals surface area contributed by atoms with Crippen LogP contribution in [0.5, 0.6) is 0 Å². The van der Waals surface area contributed by atoms with Gasteiger partial charge in [0.15, 0.2) is 0 Å². The number of benzene rings is 1. The molecule has 1 aromatic carbocycles. The van der Waals surface area contributed by atoms with Gasteiger partial charge < -0.3 is 5.73 Å². The van der Waals surface area contributed by atoms with Crippen LogP contribution in [0.25, 0.3) is 0 Å². The molecule has 4 heteroatoms. The lowest BCUT2D eigenvalue weighted by Gasteiger charge is -2.38. The molecule has 2 rings (SSSR count). The quantitative estimate of drug-likeness (QED) is 0.856. The largest absolute Gasteiger partial charge is 0.368 e. The SMILES string of the molecule is NC(=O)C1CCN1Cc1ccc(I)cc1. The lowest BCUT2D eigenvalue weighted by Crippen LogP contribution is -2.54. The Balaban J connectivity index is 1.97. The van der Waals surface area contributed by atoms with E-state index in [1.165, 1.54) is 9.13 Å². The number of carbonyl (C=O) groups is 1. The Bertz CT molecular complexity index is 363. The zero-order chi connectivity index (χ0) is 10.8. The van der Waals surface area contributed by atoms with E-state index >= 15 is 0 Å². The number of carbonyl (C=O) groups excluding carboxylic acids is 1. The minimum absolute atomic E-state index is 0.0516. The summed E-state index contributed by atoms with van der Waals surface area (Å²) in [5, 5.41) is 0. The van der Waals surface area contributed by atoms with Crippen molar-refractivity contribution in [2.75, 3.05) is 6.54 Å². The highest BCUT2D eigenvalue weighted by Gasteiger charge is 2.31. The molecule has 3 nitrogen and oxygen atoms in total. The number of hydrogen-bond acceptors (Lipinski definition) is 2. The van der Waals surface area contributed by atoms with E-state index < -0.39 is 0 Å². The highest BCUT2D eigenvalue weighted by atomic mass is 127. The Kier molecular flexibility index (Phi) is 3.25. The second-order valence-electron chi connectivity index (χ2n) is 3.80. The van der Waals surface area contributed by atoms with Crippen LogP contribution in [0.2, 0.25) is 0 Å². The summed E-state index contributed by atoms with van der Waals surface area (Å²) in [6, 6.07) is 8.30. The van der Waals surface area contributed by atoms with E-state index in [1.807, 2.05) is 0 Å². The van der Waals surface area contributed by atoms with Gasteiger partial charge in [0.1, 0.15) is 0 Å². The molecule has 1 aromatic rings. The Morgan fingerprint density at radius 3 is 2.60 bits per heavy atom. The van der Waals surface area contributed by atoms with E-state index in [0.29, 0.717) is 0 Å². The highest BCUT2D eigenvalue weighted by Crippen LogP contribution is 2.20. The maximum Gasteiger partial charge on any atom is 0.234 e. The molecule has 15 heavy (non-hydrogen) atoms. The smallest absolute Gasteiger partial charge is 0.234 e. The van der Waals surface area contributed by atoms with Crippen LogP contribution in [-0.4, -0.2) is 23.4 Å². The van der Waals surface area contributed by atoms with Crippen LogP contribution >= 0.6 is 22.6 Å². The number of rotatable bonds is 3. The summed E-state index contributed by atoms with van der Waals surface area (Å²) in [6.07, 6.45) is 0.902. The fourth-order valence-electron chi connectivity index (χ4n) is 1.78. The maximum absolute atomic E-state index is 11.0. The standard InChI is InChI=1S/C11H13IN2O/c12-9-3-1-8(2-4-9)7-14-6-5-10(14)11(13)15/h1-4,10H,5-7H2,(H2,13,15). The molecule has 0 spiro atoms. The highest BCUT2D eigenvalue weighted by molar-refractivity contribution is 14.1. The fraction of sp³-hybridized carbons (Fsp3) is 0.364. The Hall–Kier alpha value is -0.620. The zero-order valence-corrected chi connectivity index (χ0v) is 10.5. The second kappa shape index (κ2) is 4.49. The van der Waals surface area contributed by atoms with Gasteiger partial charge in [-0.15, -0.1) is 0 Å². The molecule has 0 aromatic heterocycles. The maximum atomic E-state index is 11.0. The summed E-state index contributed by atoms with van der Waals surface area (Å²) in [5.74, 6) is -0.202. The second-order valence-corrected chi connectivity index (χ2v) is 5.05. The van der Waals surface area contributed by atoms with Gasteiger partial charge in [0.05, 0.1) is 6.04 Å². The molecule has 0 radical (unpaired) electrons. The van der Waals surface area contributed by atoms with Crippen molar-refractivity contribution >= 4 is 28.5 Å². The number of halogens is 1. The fourth-order valence-corrected chi connectivity index (χ4v) is 2.14. The van der Waals surface area contributed by atoms with Crippen LogP contribution in [0.1, 0.15) is 12.0 Å². The lowest BCUT2D eigenvalue weighted by molar-refractivity contribution is -0.127. The molecular weight excluding hydrogens is 303 g/mol. The first kappa shape index (κ1) is 10.9. The van der Waals surface area contributed by atoms with Crippen molar-refractivity contribution in [3.63, 3.8) is 0 Å². The third-order valence-corrected chi connectivity index (χ3v) is 3.48. The summed E-state index contributed by atoms with van der Waals surface area (Å²) in [7, 11) is 0. The van der Waals surface area contributed by atoms with Crippen molar-refractivity contribution in [2.24, 2.45) is 5.73 Å². The van der Waals surface area contributed by atoms with E-state index in [0.717, 1.165) is 19.5 Å². The van der Waals surface area contributed by atoms with E-state index in [2.05, 4.69) is 51.8 Å². The summed E-state index contributed by atoms with van der Waals surface area (Å²) in [6.45, 7) is 1.80. The van der Waals surface area contributed by atoms with Crippen LogP contribution < -0.4 is 5.73 Å². The third kappa shape index (κ3) is 2.49. The van der Waals surface area contributed by atoms with Crippen LogP contribution in [0.4, 0.5) is 0 Å². The van der Waals surface area contributed by atoms with Gasteiger partial charge in [0, 0.05) is 16.7 Å². The van der Waals surface area contributed by atoms with Crippen LogP contribution in [0.3, 0.4) is 0 Å². The molecule has 1 fully saturated rings. The first-order chi connectivity index (χ1) is 7.16. The molecule has 80 valence electrons. The minimum atomic E-state index is -0.202. The van der Waals surface area contributed by atoms with Crippen molar-refractivity contribution in [3.8, 4) is 0 Å². The first-order valence-electron chi connectivity index (χ1n) is 4.94. The predicted molar refractivity (Wildman–Crippen MR) is 67.2 cm³/mol. The summed E-state index contributed by atoms with van der Waals surface area (Å²) in [5.41, 5.74) is 6.52. The van der Waals surface area contributed by atoms with E-state index in [-0.39, 0.29) is 11.9 Å². The van der Waals surface area contributed by atoms with Gasteiger partial charge in [-0.25, -0.2) is 0 Å². The van der Waals surface area contributed by atoms with E-state index in [1.54, 1.807) is 0 Å². The lowest BCUT2D eigenvalue weighted by atomic mass is 10.0. The summed E-state index contributed by atoms with van der Waals surface area (Å²) in [4.78, 5) is 13.1. The molecule has 1 heterocycles. The average Bonchev–Trinajstić information content (AvgIpc) is 2.14. The molecule has 1 unspecified atom stereocenters. The molecule has 1 aliphatic rings. The molecule has 1 saturated heterocycles. The Morgan fingerprint density at radius 2 is 2.13 bits per heavy atom.